The molecule has 0 atom stereocenters. The molecule has 0 aliphatic carbocycles. The van der Waals surface area contributed by atoms with Crippen LogP contribution in [0.15, 0.2) is 35.3 Å². The SMILES string of the molecule is C/C=C(/C)c1ccc(C=NC2CC(C)(C)N([O])C(C)(C)C2)cc1. The van der Waals surface area contributed by atoms with Gasteiger partial charge in [-0.05, 0) is 71.1 Å². The summed E-state index contributed by atoms with van der Waals surface area (Å²) < 4.78 is 0. The van der Waals surface area contributed by atoms with Gasteiger partial charge in [0.05, 0.1) is 6.04 Å². The van der Waals surface area contributed by atoms with Crippen molar-refractivity contribution in [3.63, 3.8) is 0 Å². The summed E-state index contributed by atoms with van der Waals surface area (Å²) in [5, 5.41) is 13.6. The van der Waals surface area contributed by atoms with Crippen LogP contribution in [0.2, 0.25) is 0 Å². The highest BCUT2D eigenvalue weighted by Crippen LogP contribution is 2.38. The first-order chi connectivity index (χ1) is 10.7. The second kappa shape index (κ2) is 6.58. The molecule has 0 bridgehead atoms. The molecular weight excluding hydrogens is 284 g/mol. The first kappa shape index (κ1) is 17.9. The van der Waals surface area contributed by atoms with Gasteiger partial charge < -0.3 is 0 Å². The Morgan fingerprint density at radius 2 is 1.65 bits per heavy atom. The molecule has 23 heavy (non-hydrogen) atoms. The zero-order chi connectivity index (χ0) is 17.3. The van der Waals surface area contributed by atoms with Crippen LogP contribution in [0.5, 0.6) is 0 Å². The second-order valence-corrected chi connectivity index (χ2v) is 7.85. The van der Waals surface area contributed by atoms with Crippen molar-refractivity contribution >= 4 is 11.8 Å². The number of hydrogen-bond donors (Lipinski definition) is 0. The summed E-state index contributed by atoms with van der Waals surface area (Å²) >= 11 is 0. The smallest absolute Gasteiger partial charge is 0.0536 e. The van der Waals surface area contributed by atoms with Crippen LogP contribution in [0.4, 0.5) is 0 Å². The molecule has 0 N–H and O–H groups in total. The van der Waals surface area contributed by atoms with Crippen LogP contribution in [0, 0.1) is 0 Å². The molecular formula is C20H29N2O. The Bertz CT molecular complexity index is 579. The average Bonchev–Trinajstić information content (AvgIpc) is 2.50. The summed E-state index contributed by atoms with van der Waals surface area (Å²) in [5.74, 6) is 0. The molecule has 3 heteroatoms. The van der Waals surface area contributed by atoms with Crippen molar-refractivity contribution in [1.82, 2.24) is 5.06 Å². The van der Waals surface area contributed by atoms with Gasteiger partial charge in [0.15, 0.2) is 0 Å². The molecule has 1 saturated heterocycles. The maximum Gasteiger partial charge on any atom is 0.0536 e. The van der Waals surface area contributed by atoms with E-state index >= 15 is 0 Å². The van der Waals surface area contributed by atoms with Crippen LogP contribution in [0.1, 0.15) is 65.5 Å². The van der Waals surface area contributed by atoms with Gasteiger partial charge in [0, 0.05) is 17.3 Å². The predicted molar refractivity (Wildman–Crippen MR) is 97.1 cm³/mol. The third kappa shape index (κ3) is 4.10. The Labute approximate surface area is 140 Å². The van der Waals surface area contributed by atoms with Gasteiger partial charge in [-0.25, -0.2) is 0 Å². The number of piperidine rings is 1. The highest BCUT2D eigenvalue weighted by Gasteiger charge is 2.45. The minimum Gasteiger partial charge on any atom is -0.289 e. The lowest BCUT2D eigenvalue weighted by atomic mass is 9.79. The topological polar surface area (TPSA) is 35.5 Å². The summed E-state index contributed by atoms with van der Waals surface area (Å²) in [5.41, 5.74) is 2.90. The monoisotopic (exact) mass is 313 g/mol. The number of aliphatic imine (C=N–C) groups is 1. The van der Waals surface area contributed by atoms with Crippen LogP contribution in [0.25, 0.3) is 5.57 Å². The van der Waals surface area contributed by atoms with E-state index in [-0.39, 0.29) is 17.1 Å². The number of hydroxylamine groups is 2. The highest BCUT2D eigenvalue weighted by atomic mass is 16.5. The Morgan fingerprint density at radius 3 is 2.13 bits per heavy atom. The summed E-state index contributed by atoms with van der Waals surface area (Å²) in [6.45, 7) is 12.2. The first-order valence-corrected chi connectivity index (χ1v) is 8.40. The van der Waals surface area contributed by atoms with Crippen LogP contribution < -0.4 is 0 Å². The highest BCUT2D eigenvalue weighted by molar-refractivity contribution is 5.80. The lowest BCUT2D eigenvalue weighted by Crippen LogP contribution is -2.59. The van der Waals surface area contributed by atoms with E-state index in [0.717, 1.165) is 18.4 Å². The Kier molecular flexibility index (Phi) is 5.12. The molecule has 125 valence electrons. The van der Waals surface area contributed by atoms with Gasteiger partial charge in [-0.3, -0.25) is 4.99 Å². The lowest BCUT2D eigenvalue weighted by molar-refractivity contribution is -0.288. The van der Waals surface area contributed by atoms with Crippen LogP contribution in [-0.2, 0) is 5.21 Å². The lowest BCUT2D eigenvalue weighted by Gasteiger charge is -2.48. The van der Waals surface area contributed by atoms with Crippen molar-refractivity contribution in [2.45, 2.75) is 71.5 Å². The fourth-order valence-electron chi connectivity index (χ4n) is 3.51. The zero-order valence-corrected chi connectivity index (χ0v) is 15.3. The quantitative estimate of drug-likeness (QED) is 0.731. The Morgan fingerprint density at radius 1 is 1.13 bits per heavy atom. The fourth-order valence-corrected chi connectivity index (χ4v) is 3.51. The molecule has 1 fully saturated rings. The van der Waals surface area contributed by atoms with E-state index in [0.29, 0.717) is 0 Å². The number of allylic oxidation sites excluding steroid dienone is 2. The molecule has 0 unspecified atom stereocenters. The van der Waals surface area contributed by atoms with E-state index < -0.39 is 0 Å². The van der Waals surface area contributed by atoms with Crippen molar-refractivity contribution in [1.29, 1.82) is 0 Å². The molecule has 1 aliphatic rings. The molecule has 0 saturated carbocycles. The minimum absolute atomic E-state index is 0.196. The maximum absolute atomic E-state index is 12.4. The van der Waals surface area contributed by atoms with Crippen molar-refractivity contribution in [3.8, 4) is 0 Å². The van der Waals surface area contributed by atoms with E-state index in [4.69, 9.17) is 4.99 Å². The Balaban J connectivity index is 2.11. The summed E-state index contributed by atoms with van der Waals surface area (Å²) in [6, 6.07) is 8.66. The van der Waals surface area contributed by atoms with Crippen LogP contribution in [-0.4, -0.2) is 28.4 Å². The van der Waals surface area contributed by atoms with Crippen molar-refractivity contribution < 1.29 is 5.21 Å². The van der Waals surface area contributed by atoms with Gasteiger partial charge in [0.2, 0.25) is 0 Å². The third-order valence-electron chi connectivity index (χ3n) is 4.80. The average molecular weight is 313 g/mol. The molecule has 1 aromatic carbocycles. The normalized spacial score (nSPS) is 22.7. The molecule has 1 radical (unpaired) electrons. The summed E-state index contributed by atoms with van der Waals surface area (Å²) in [7, 11) is 0. The molecule has 0 spiro atoms. The molecule has 0 aromatic heterocycles. The summed E-state index contributed by atoms with van der Waals surface area (Å²) in [4.78, 5) is 4.77. The second-order valence-electron chi connectivity index (χ2n) is 7.85. The Hall–Kier alpha value is -1.45. The molecule has 2 rings (SSSR count). The number of rotatable bonds is 3. The molecule has 0 amide bonds. The van der Waals surface area contributed by atoms with Crippen molar-refractivity contribution in [3.05, 3.63) is 41.5 Å². The van der Waals surface area contributed by atoms with E-state index in [1.54, 1.807) is 0 Å². The standard InChI is InChI=1S/C20H29N2O/c1-7-15(2)17-10-8-16(9-11-17)14-21-18-12-19(3,4)22(23)20(5,6)13-18/h7-11,14,18H,12-13H2,1-6H3/b15-7-,21-14?. The van der Waals surface area contributed by atoms with Gasteiger partial charge in [-0.15, -0.1) is 10.3 Å². The summed E-state index contributed by atoms with van der Waals surface area (Å²) in [6.07, 6.45) is 5.66. The third-order valence-corrected chi connectivity index (χ3v) is 4.80. The molecule has 1 aliphatic heterocycles. The van der Waals surface area contributed by atoms with Crippen molar-refractivity contribution in [2.24, 2.45) is 4.99 Å². The predicted octanol–water partition coefficient (Wildman–Crippen LogP) is 4.90. The fraction of sp³-hybridized carbons (Fsp3) is 0.550. The number of nitrogens with zero attached hydrogens (tertiary/aromatic N) is 2. The molecule has 1 aromatic rings. The van der Waals surface area contributed by atoms with Crippen LogP contribution >= 0.6 is 0 Å². The zero-order valence-electron chi connectivity index (χ0n) is 15.3. The van der Waals surface area contributed by atoms with E-state index in [1.807, 2.05) is 33.9 Å². The van der Waals surface area contributed by atoms with Gasteiger partial charge >= 0.3 is 0 Å². The van der Waals surface area contributed by atoms with Crippen molar-refractivity contribution in [2.75, 3.05) is 0 Å². The van der Waals surface area contributed by atoms with E-state index in [9.17, 15) is 5.21 Å². The maximum atomic E-state index is 12.4. The van der Waals surface area contributed by atoms with Crippen LogP contribution in [0.3, 0.4) is 0 Å². The molecule has 1 heterocycles. The van der Waals surface area contributed by atoms with Gasteiger partial charge in [-0.2, -0.15) is 0 Å². The molecule has 3 nitrogen and oxygen atoms in total. The van der Waals surface area contributed by atoms with Gasteiger partial charge in [0.25, 0.3) is 0 Å². The van der Waals surface area contributed by atoms with Gasteiger partial charge in [0.1, 0.15) is 0 Å². The van der Waals surface area contributed by atoms with E-state index in [2.05, 4.69) is 44.2 Å². The minimum atomic E-state index is -0.364. The first-order valence-electron chi connectivity index (χ1n) is 8.40. The largest absolute Gasteiger partial charge is 0.289 e. The number of benzene rings is 1. The van der Waals surface area contributed by atoms with Gasteiger partial charge in [-0.1, -0.05) is 30.3 Å². The van der Waals surface area contributed by atoms with E-state index in [1.165, 1.54) is 16.2 Å². The number of hydrogen-bond acceptors (Lipinski definition) is 2.